The van der Waals surface area contributed by atoms with Crippen molar-refractivity contribution in [3.05, 3.63) is 84.3 Å². The quantitative estimate of drug-likeness (QED) is 0.0793. The van der Waals surface area contributed by atoms with Gasteiger partial charge in [0.1, 0.15) is 18.4 Å². The van der Waals surface area contributed by atoms with Gasteiger partial charge in [-0.1, -0.05) is 12.1 Å². The lowest BCUT2D eigenvalue weighted by Crippen LogP contribution is -2.54. The number of carbonyl (C=O) groups excluding carboxylic acids is 4. The van der Waals surface area contributed by atoms with Crippen molar-refractivity contribution in [2.45, 2.75) is 50.4 Å². The third-order valence-corrected chi connectivity index (χ3v) is 10.2. The average Bonchev–Trinajstić information content (AvgIpc) is 3.65. The highest BCUT2D eigenvalue weighted by Crippen LogP contribution is 2.34. The van der Waals surface area contributed by atoms with Gasteiger partial charge in [0.25, 0.3) is 11.8 Å². The normalized spacial score (nSPS) is 16.2. The molecule has 2 unspecified atom stereocenters. The number of fused-ring (bicyclic) bond motifs is 4. The highest BCUT2D eigenvalue weighted by atomic mass is 19.4. The molecule has 14 nitrogen and oxygen atoms in total. The molecule has 4 amide bonds. The summed E-state index contributed by atoms with van der Waals surface area (Å²) < 4.78 is 71.3. The fourth-order valence-corrected chi connectivity index (χ4v) is 7.13. The molecular weight excluding hydrogens is 775 g/mol. The summed E-state index contributed by atoms with van der Waals surface area (Å²) in [4.78, 5) is 59.1. The summed E-state index contributed by atoms with van der Waals surface area (Å²) in [5, 5.41) is 4.35. The van der Waals surface area contributed by atoms with Crippen LogP contribution < -0.4 is 14.8 Å². The van der Waals surface area contributed by atoms with Crippen LogP contribution in [0.4, 0.5) is 13.2 Å². The summed E-state index contributed by atoms with van der Waals surface area (Å²) in [6.07, 6.45) is -1.38. The van der Waals surface area contributed by atoms with Crippen molar-refractivity contribution < 1.29 is 56.0 Å². The molecule has 0 saturated carbocycles. The van der Waals surface area contributed by atoms with E-state index >= 15 is 0 Å². The lowest BCUT2D eigenvalue weighted by atomic mass is 10.0. The predicted molar refractivity (Wildman–Crippen MR) is 207 cm³/mol. The van der Waals surface area contributed by atoms with Gasteiger partial charge in [-0.05, 0) is 67.6 Å². The molecular formula is C42H42F3N5O9. The molecule has 1 saturated heterocycles. The third-order valence-electron chi connectivity index (χ3n) is 10.2. The number of nitrogens with zero attached hydrogens (tertiary/aromatic N) is 4. The minimum Gasteiger partial charge on any atom is -0.481 e. The Bertz CT molecular complexity index is 2330. The zero-order chi connectivity index (χ0) is 41.5. The first kappa shape index (κ1) is 41.3. The van der Waals surface area contributed by atoms with Gasteiger partial charge in [0.15, 0.2) is 6.10 Å². The Kier molecular flexibility index (Phi) is 12.8. The van der Waals surface area contributed by atoms with Gasteiger partial charge in [-0.15, -0.1) is 0 Å². The van der Waals surface area contributed by atoms with Gasteiger partial charge in [0.2, 0.25) is 17.7 Å². The van der Waals surface area contributed by atoms with E-state index in [4.69, 9.17) is 23.7 Å². The highest BCUT2D eigenvalue weighted by Gasteiger charge is 2.45. The highest BCUT2D eigenvalue weighted by molar-refractivity contribution is 6.23. The Morgan fingerprint density at radius 3 is 2.24 bits per heavy atom. The average molecular weight is 818 g/mol. The van der Waals surface area contributed by atoms with Crippen molar-refractivity contribution in [2.24, 2.45) is 7.05 Å². The molecule has 17 heteroatoms. The molecule has 5 heterocycles. The number of aryl methyl sites for hydroxylation is 1. The summed E-state index contributed by atoms with van der Waals surface area (Å²) in [5.74, 6) is -2.66. The van der Waals surface area contributed by atoms with E-state index in [0.29, 0.717) is 38.7 Å². The number of ether oxygens (including phenoxy) is 5. The first-order valence-corrected chi connectivity index (χ1v) is 19.2. The second kappa shape index (κ2) is 18.3. The molecule has 0 radical (unpaired) electrons. The number of piperidine rings is 1. The Morgan fingerprint density at radius 1 is 0.780 bits per heavy atom. The molecule has 2 aromatic carbocycles. The van der Waals surface area contributed by atoms with Gasteiger partial charge < -0.3 is 28.3 Å². The molecule has 0 spiro atoms. The van der Waals surface area contributed by atoms with Crippen molar-refractivity contribution >= 4 is 45.4 Å². The molecule has 5 aromatic rings. The first-order valence-electron chi connectivity index (χ1n) is 19.2. The van der Waals surface area contributed by atoms with Gasteiger partial charge in [-0.25, -0.2) is 4.98 Å². The van der Waals surface area contributed by atoms with Crippen molar-refractivity contribution in [1.82, 2.24) is 24.8 Å². The van der Waals surface area contributed by atoms with E-state index in [1.165, 1.54) is 12.1 Å². The minimum atomic E-state index is -4.70. The molecule has 2 aliphatic rings. The van der Waals surface area contributed by atoms with E-state index in [0.717, 1.165) is 43.9 Å². The molecule has 0 bridgehead atoms. The summed E-state index contributed by atoms with van der Waals surface area (Å²) in [5.41, 5.74) is 4.02. The van der Waals surface area contributed by atoms with Crippen LogP contribution in [0.2, 0.25) is 0 Å². The summed E-state index contributed by atoms with van der Waals surface area (Å²) in [6, 6.07) is 14.4. The van der Waals surface area contributed by atoms with Gasteiger partial charge in [0, 0.05) is 66.6 Å². The monoisotopic (exact) mass is 817 g/mol. The van der Waals surface area contributed by atoms with Crippen LogP contribution in [-0.2, 0) is 30.8 Å². The molecule has 310 valence electrons. The molecule has 3 aromatic heterocycles. The second-order valence-corrected chi connectivity index (χ2v) is 14.1. The molecule has 1 N–H and O–H groups in total. The van der Waals surface area contributed by atoms with Crippen LogP contribution in [0.1, 0.15) is 52.8 Å². The molecule has 7 rings (SSSR count). The van der Waals surface area contributed by atoms with Crippen LogP contribution >= 0.6 is 0 Å². The number of carbonyl (C=O) groups is 4. The van der Waals surface area contributed by atoms with Gasteiger partial charge in [0.05, 0.1) is 49.7 Å². The molecule has 0 aliphatic carbocycles. The van der Waals surface area contributed by atoms with Crippen LogP contribution in [-0.4, -0.2) is 108 Å². The standard InChI is InChI=1S/C42H42F3N5O9/c1-49-33-13-14-46-25-32(33)29-8-5-26(22-35(29)49)27-6-12-38(47-24-27)58-21-20-57-19-18-56-17-16-55-15-3-2-4-36(42(43,44)45)59-28-7-9-30-31(23-28)41(54)50(40(30)53)34-10-11-37(51)48-39(34)52/h5-9,12-14,22-25,34,36H,2-4,10-11,15-21H2,1H3,(H,48,51,52). The number of hydrogen-bond donors (Lipinski definition) is 1. The van der Waals surface area contributed by atoms with E-state index in [9.17, 15) is 32.3 Å². The fourth-order valence-electron chi connectivity index (χ4n) is 7.13. The largest absolute Gasteiger partial charge is 0.481 e. The number of rotatable bonds is 19. The van der Waals surface area contributed by atoms with E-state index in [1.54, 1.807) is 12.4 Å². The van der Waals surface area contributed by atoms with Crippen molar-refractivity contribution in [2.75, 3.05) is 46.2 Å². The summed E-state index contributed by atoms with van der Waals surface area (Å²) in [6.45, 7) is 2.09. The topological polar surface area (TPSA) is 160 Å². The number of imide groups is 2. The van der Waals surface area contributed by atoms with Crippen LogP contribution in [0, 0.1) is 0 Å². The number of nitrogens with one attached hydrogen (secondary N) is 1. The maximum Gasteiger partial charge on any atom is 0.425 e. The number of benzene rings is 2. The zero-order valence-corrected chi connectivity index (χ0v) is 32.2. The number of pyridine rings is 2. The number of halogens is 3. The Hall–Kier alpha value is -5.91. The van der Waals surface area contributed by atoms with Crippen LogP contribution in [0.3, 0.4) is 0 Å². The number of unbranched alkanes of at least 4 members (excludes halogenated alkanes) is 1. The number of alkyl halides is 3. The van der Waals surface area contributed by atoms with Crippen molar-refractivity contribution in [1.29, 1.82) is 0 Å². The lowest BCUT2D eigenvalue weighted by molar-refractivity contribution is -0.197. The van der Waals surface area contributed by atoms with Gasteiger partial charge >= 0.3 is 6.18 Å². The van der Waals surface area contributed by atoms with Gasteiger partial charge in [-0.2, -0.15) is 13.2 Å². The number of hydrogen-bond acceptors (Lipinski definition) is 11. The van der Waals surface area contributed by atoms with Crippen LogP contribution in [0.5, 0.6) is 11.6 Å². The Morgan fingerprint density at radius 2 is 1.51 bits per heavy atom. The maximum absolute atomic E-state index is 13.9. The lowest BCUT2D eigenvalue weighted by Gasteiger charge is -2.27. The smallest absolute Gasteiger partial charge is 0.425 e. The fraction of sp³-hybridized carbons (Fsp3) is 0.381. The van der Waals surface area contributed by atoms with E-state index in [1.807, 2.05) is 31.4 Å². The van der Waals surface area contributed by atoms with Crippen LogP contribution in [0.25, 0.3) is 32.9 Å². The number of amides is 4. The zero-order valence-electron chi connectivity index (χ0n) is 32.2. The summed E-state index contributed by atoms with van der Waals surface area (Å²) in [7, 11) is 2.04. The molecule has 1 fully saturated rings. The molecule has 2 aliphatic heterocycles. The third kappa shape index (κ3) is 9.53. The maximum atomic E-state index is 13.9. The predicted octanol–water partition coefficient (Wildman–Crippen LogP) is 5.80. The minimum absolute atomic E-state index is 0.0417. The number of aromatic nitrogens is 3. The second-order valence-electron chi connectivity index (χ2n) is 14.1. The molecule has 59 heavy (non-hydrogen) atoms. The van der Waals surface area contributed by atoms with E-state index in [-0.39, 0.29) is 62.4 Å². The Labute approximate surface area is 336 Å². The van der Waals surface area contributed by atoms with Crippen molar-refractivity contribution in [3.8, 4) is 22.8 Å². The summed E-state index contributed by atoms with van der Waals surface area (Å²) >= 11 is 0. The van der Waals surface area contributed by atoms with Gasteiger partial charge in [-0.3, -0.25) is 34.4 Å². The van der Waals surface area contributed by atoms with Crippen LogP contribution in [0.15, 0.2) is 73.2 Å². The van der Waals surface area contributed by atoms with Crippen molar-refractivity contribution in [3.63, 3.8) is 0 Å². The Balaban J connectivity index is 0.738. The van der Waals surface area contributed by atoms with E-state index < -0.39 is 42.0 Å². The molecule has 2 atom stereocenters. The van der Waals surface area contributed by atoms with E-state index in [2.05, 4.69) is 38.1 Å². The first-order chi connectivity index (χ1) is 28.5. The SMILES string of the molecule is Cn1c2ccncc2c2ccc(-c3ccc(OCCOCCOCCOCCCCC(Oc4ccc5c(c4)C(=O)N(C4CCC(=O)NC4=O)C5=O)C(F)(F)F)nc3)cc21.